The average Bonchev–Trinajstić information content (AvgIpc) is 3.33. The summed E-state index contributed by atoms with van der Waals surface area (Å²) in [7, 11) is -8.70. The van der Waals surface area contributed by atoms with E-state index >= 15 is 0 Å². The number of aliphatic hydroxyl groups is 2. The standard InChI is InChI=1S/C26H32N2O8S4/c1-3-18(11-25-27(13-19(29)15-39(31,32)33)21-6-4-5-7-23(21)37-25)12-26-28(14-20(30)16-40(34,35)36)22-10-17(2)8-9-24(22)38-26/h4-11,19-20,26,29-30H,3,12-16H2,1-2H3,(H-,31,32,33,34,35,36)/p+1/b18-11+. The molecule has 14 heteroatoms. The summed E-state index contributed by atoms with van der Waals surface area (Å²) in [6.45, 7) is 3.98. The van der Waals surface area contributed by atoms with Gasteiger partial charge in [0.05, 0.1) is 17.2 Å². The molecule has 0 saturated heterocycles. The fraction of sp³-hybridized carbons (Fsp3) is 0.423. The molecule has 2 heterocycles. The van der Waals surface area contributed by atoms with Gasteiger partial charge in [-0.05, 0) is 43.5 Å². The Morgan fingerprint density at radius 3 is 2.40 bits per heavy atom. The van der Waals surface area contributed by atoms with E-state index in [9.17, 15) is 36.2 Å². The van der Waals surface area contributed by atoms with Crippen molar-refractivity contribution in [1.82, 2.24) is 0 Å². The van der Waals surface area contributed by atoms with Crippen LogP contribution in [0, 0.1) is 6.92 Å². The Bertz CT molecular complexity index is 1620. The zero-order chi connectivity index (χ0) is 29.2. The molecule has 0 fully saturated rings. The SMILES string of the molecule is CC/C(=C\c1sc2ccccc2[n+]1CC(O)CS(=O)(=O)O)CC1Sc2ccc(C)cc2N1CC(O)CS(=O)(=O)O. The van der Waals surface area contributed by atoms with Crippen molar-refractivity contribution in [2.24, 2.45) is 0 Å². The zero-order valence-electron chi connectivity index (χ0n) is 22.0. The molecule has 2 aromatic carbocycles. The van der Waals surface area contributed by atoms with Gasteiger partial charge in [-0.2, -0.15) is 21.4 Å². The van der Waals surface area contributed by atoms with Gasteiger partial charge < -0.3 is 15.1 Å². The fourth-order valence-electron chi connectivity index (χ4n) is 4.77. The van der Waals surface area contributed by atoms with Gasteiger partial charge in [-0.1, -0.05) is 53.8 Å². The maximum absolute atomic E-state index is 11.4. The number of thiazole rings is 1. The summed E-state index contributed by atoms with van der Waals surface area (Å²) in [6, 6.07) is 13.6. The highest BCUT2D eigenvalue weighted by Crippen LogP contribution is 2.46. The van der Waals surface area contributed by atoms with Gasteiger partial charge in [0.2, 0.25) is 5.52 Å². The highest BCUT2D eigenvalue weighted by atomic mass is 32.2. The number of thioether (sulfide) groups is 1. The number of hydrogen-bond acceptors (Lipinski definition) is 9. The summed E-state index contributed by atoms with van der Waals surface area (Å²) >= 11 is 3.12. The van der Waals surface area contributed by atoms with Gasteiger partial charge in [0.15, 0.2) is 6.54 Å². The number of aliphatic hydroxyl groups excluding tert-OH is 2. The van der Waals surface area contributed by atoms with Gasteiger partial charge >= 0.3 is 0 Å². The maximum Gasteiger partial charge on any atom is 0.267 e. The molecule has 4 N–H and O–H groups in total. The quantitative estimate of drug-likeness (QED) is 0.173. The molecule has 4 rings (SSSR count). The Hall–Kier alpha value is -2.04. The third-order valence-corrected chi connectivity index (χ3v) is 10.5. The number of para-hydroxylation sites is 1. The minimum atomic E-state index is -4.35. The first-order valence-electron chi connectivity index (χ1n) is 12.6. The Morgan fingerprint density at radius 2 is 1.73 bits per heavy atom. The molecule has 218 valence electrons. The number of anilines is 1. The molecule has 1 aromatic heterocycles. The fourth-order valence-corrected chi connectivity index (χ4v) is 8.47. The number of fused-ring (bicyclic) bond motifs is 2. The molecule has 3 atom stereocenters. The van der Waals surface area contributed by atoms with Crippen LogP contribution in [0.5, 0.6) is 0 Å². The molecule has 0 saturated carbocycles. The highest BCUT2D eigenvalue weighted by Gasteiger charge is 2.33. The van der Waals surface area contributed by atoms with Gasteiger partial charge in [0.1, 0.15) is 22.3 Å². The predicted molar refractivity (Wildman–Crippen MR) is 158 cm³/mol. The molecule has 0 bridgehead atoms. The van der Waals surface area contributed by atoms with Crippen LogP contribution in [0.4, 0.5) is 5.69 Å². The van der Waals surface area contributed by atoms with Crippen molar-refractivity contribution >= 4 is 65.3 Å². The summed E-state index contributed by atoms with van der Waals surface area (Å²) in [5.74, 6) is -1.53. The van der Waals surface area contributed by atoms with Gasteiger partial charge in [-0.3, -0.25) is 9.11 Å². The third-order valence-electron chi connectivity index (χ3n) is 6.50. The molecule has 3 aromatic rings. The van der Waals surface area contributed by atoms with Crippen molar-refractivity contribution in [2.45, 2.75) is 55.7 Å². The van der Waals surface area contributed by atoms with Crippen LogP contribution < -0.4 is 9.47 Å². The molecule has 0 amide bonds. The Labute approximate surface area is 242 Å². The normalized spacial score (nSPS) is 17.8. The Kier molecular flexibility index (Phi) is 9.62. The first-order valence-corrected chi connectivity index (χ1v) is 17.5. The van der Waals surface area contributed by atoms with Crippen LogP contribution in [0.2, 0.25) is 0 Å². The smallest absolute Gasteiger partial charge is 0.267 e. The molecule has 10 nitrogen and oxygen atoms in total. The number of aryl methyl sites for hydroxylation is 1. The number of nitrogens with zero attached hydrogens (tertiary/aromatic N) is 2. The lowest BCUT2D eigenvalue weighted by Gasteiger charge is -2.29. The molecule has 1 aliphatic rings. The molecule has 0 aliphatic carbocycles. The monoisotopic (exact) mass is 629 g/mol. The second-order valence-electron chi connectivity index (χ2n) is 9.88. The number of hydrogen-bond donors (Lipinski definition) is 4. The lowest BCUT2D eigenvalue weighted by Crippen LogP contribution is -2.43. The van der Waals surface area contributed by atoms with E-state index in [2.05, 4.69) is 0 Å². The summed E-state index contributed by atoms with van der Waals surface area (Å²) in [5.41, 5.74) is 3.80. The number of β-amino-alcohol motifs (C(OH)–C–C–N with tert-alkyl or cyclic N) is 1. The predicted octanol–water partition coefficient (Wildman–Crippen LogP) is 3.12. The van der Waals surface area contributed by atoms with E-state index in [4.69, 9.17) is 0 Å². The van der Waals surface area contributed by atoms with Gasteiger partial charge in [-0.25, -0.2) is 0 Å². The zero-order valence-corrected chi connectivity index (χ0v) is 25.3. The molecule has 0 spiro atoms. The number of benzene rings is 2. The number of rotatable bonds is 12. The van der Waals surface area contributed by atoms with Crippen LogP contribution in [0.15, 0.2) is 52.9 Å². The van der Waals surface area contributed by atoms with Crippen LogP contribution in [0.3, 0.4) is 0 Å². The maximum atomic E-state index is 11.4. The van der Waals surface area contributed by atoms with E-state index in [1.807, 2.05) is 71.9 Å². The van der Waals surface area contributed by atoms with E-state index in [1.165, 1.54) is 11.3 Å². The lowest BCUT2D eigenvalue weighted by molar-refractivity contribution is -0.675. The van der Waals surface area contributed by atoms with E-state index < -0.39 is 43.9 Å². The van der Waals surface area contributed by atoms with Crippen LogP contribution in [-0.2, 0) is 26.8 Å². The molecule has 0 radical (unpaired) electrons. The van der Waals surface area contributed by atoms with Crippen molar-refractivity contribution in [3.8, 4) is 0 Å². The van der Waals surface area contributed by atoms with Gasteiger partial charge in [0.25, 0.3) is 25.2 Å². The minimum Gasteiger partial charge on any atom is -0.390 e. The van der Waals surface area contributed by atoms with Crippen LogP contribution in [-0.4, -0.2) is 71.8 Å². The largest absolute Gasteiger partial charge is 0.390 e. The van der Waals surface area contributed by atoms with Crippen LogP contribution in [0.25, 0.3) is 16.3 Å². The summed E-state index contributed by atoms with van der Waals surface area (Å²) in [6.07, 6.45) is 0.697. The lowest BCUT2D eigenvalue weighted by atomic mass is 10.1. The Morgan fingerprint density at radius 1 is 1.05 bits per heavy atom. The van der Waals surface area contributed by atoms with E-state index in [-0.39, 0.29) is 18.5 Å². The van der Waals surface area contributed by atoms with Gasteiger partial charge in [-0.15, -0.1) is 0 Å². The number of aromatic nitrogens is 1. The second-order valence-corrected chi connectivity index (χ2v) is 15.2. The van der Waals surface area contributed by atoms with E-state index in [0.717, 1.165) is 36.9 Å². The van der Waals surface area contributed by atoms with Crippen molar-refractivity contribution in [3.05, 3.63) is 58.6 Å². The van der Waals surface area contributed by atoms with E-state index in [1.54, 1.807) is 11.8 Å². The summed E-state index contributed by atoms with van der Waals surface area (Å²) in [4.78, 5) is 2.98. The van der Waals surface area contributed by atoms with Crippen molar-refractivity contribution in [2.75, 3.05) is 23.0 Å². The minimum absolute atomic E-state index is 0.0234. The van der Waals surface area contributed by atoms with Crippen LogP contribution >= 0.6 is 23.1 Å². The van der Waals surface area contributed by atoms with Crippen molar-refractivity contribution < 1.29 is 40.7 Å². The molecule has 1 aliphatic heterocycles. The molecular formula is C26H33N2O8S4+. The summed E-state index contributed by atoms with van der Waals surface area (Å²) in [5, 5.41) is 21.5. The van der Waals surface area contributed by atoms with Crippen molar-refractivity contribution in [3.63, 3.8) is 0 Å². The second kappa shape index (κ2) is 12.4. The van der Waals surface area contributed by atoms with E-state index in [0.29, 0.717) is 12.8 Å². The van der Waals surface area contributed by atoms with Crippen molar-refractivity contribution in [1.29, 1.82) is 0 Å². The highest BCUT2D eigenvalue weighted by molar-refractivity contribution is 8.00. The first-order chi connectivity index (χ1) is 18.7. The third kappa shape index (κ3) is 8.03. The first kappa shape index (κ1) is 30.9. The Balaban J connectivity index is 1.65. The van der Waals surface area contributed by atoms with Gasteiger partial charge in [0, 0.05) is 23.6 Å². The summed E-state index contributed by atoms with van der Waals surface area (Å²) < 4.78 is 66.7. The molecular weight excluding hydrogens is 597 g/mol. The average molecular weight is 630 g/mol. The molecule has 40 heavy (non-hydrogen) atoms. The molecule has 3 unspecified atom stereocenters. The topological polar surface area (TPSA) is 156 Å². The van der Waals surface area contributed by atoms with Crippen LogP contribution in [0.1, 0.15) is 30.3 Å².